The number of nitrogens with zero attached hydrogens (tertiary/aromatic N) is 4. The maximum Gasteiger partial charge on any atom is 0.225 e. The fourth-order valence-corrected chi connectivity index (χ4v) is 3.94. The Morgan fingerprint density at radius 1 is 1.17 bits per heavy atom. The van der Waals surface area contributed by atoms with E-state index in [0.717, 1.165) is 56.8 Å². The summed E-state index contributed by atoms with van der Waals surface area (Å²) in [6.07, 6.45) is 9.70. The van der Waals surface area contributed by atoms with Gasteiger partial charge in [0.15, 0.2) is 0 Å². The molecular formula is C22H28N6O. The molecule has 1 aliphatic heterocycles. The van der Waals surface area contributed by atoms with Crippen molar-refractivity contribution in [3.05, 3.63) is 66.4 Å². The SMILES string of the molecule is O=C(CCCc1ccccc1)Nc1ccnn1C1CCN(Cc2cnc[nH]2)CC1. The number of likely N-dealkylation sites (tertiary alicyclic amines) is 1. The lowest BCUT2D eigenvalue weighted by molar-refractivity contribution is -0.116. The second kappa shape index (κ2) is 9.52. The largest absolute Gasteiger partial charge is 0.347 e. The van der Waals surface area contributed by atoms with Crippen molar-refractivity contribution in [1.82, 2.24) is 24.6 Å². The van der Waals surface area contributed by atoms with E-state index >= 15 is 0 Å². The Balaban J connectivity index is 1.24. The maximum atomic E-state index is 12.4. The predicted octanol–water partition coefficient (Wildman–Crippen LogP) is 3.40. The van der Waals surface area contributed by atoms with E-state index in [-0.39, 0.29) is 5.91 Å². The number of hydrogen-bond acceptors (Lipinski definition) is 4. The van der Waals surface area contributed by atoms with Crippen LogP contribution in [0.1, 0.15) is 43.0 Å². The van der Waals surface area contributed by atoms with Crippen LogP contribution in [-0.4, -0.2) is 43.6 Å². The molecule has 29 heavy (non-hydrogen) atoms. The average molecular weight is 393 g/mol. The Hall–Kier alpha value is -2.93. The minimum absolute atomic E-state index is 0.0550. The molecule has 1 fully saturated rings. The standard InChI is InChI=1S/C22H28N6O/c29-22(8-4-7-18-5-2-1-3-6-18)26-21-9-12-25-28(21)20-10-13-27(14-11-20)16-19-15-23-17-24-19/h1-3,5-6,9,12,15,17,20H,4,7-8,10-11,13-14,16H2,(H,23,24)(H,26,29). The summed E-state index contributed by atoms with van der Waals surface area (Å²) in [6.45, 7) is 2.92. The number of aromatic nitrogens is 4. The van der Waals surface area contributed by atoms with Gasteiger partial charge in [-0.05, 0) is 31.2 Å². The summed E-state index contributed by atoms with van der Waals surface area (Å²) >= 11 is 0. The first-order chi connectivity index (χ1) is 14.3. The van der Waals surface area contributed by atoms with E-state index in [4.69, 9.17) is 0 Å². The van der Waals surface area contributed by atoms with Crippen LogP contribution in [0.3, 0.4) is 0 Å². The molecule has 2 aromatic heterocycles. The van der Waals surface area contributed by atoms with Crippen molar-refractivity contribution >= 4 is 11.7 Å². The number of imidazole rings is 1. The number of piperidine rings is 1. The zero-order chi connectivity index (χ0) is 19.9. The van der Waals surface area contributed by atoms with Crippen molar-refractivity contribution in [3.8, 4) is 0 Å². The van der Waals surface area contributed by atoms with Gasteiger partial charge in [0.2, 0.25) is 5.91 Å². The van der Waals surface area contributed by atoms with Gasteiger partial charge in [-0.2, -0.15) is 5.10 Å². The van der Waals surface area contributed by atoms with E-state index in [0.29, 0.717) is 12.5 Å². The first kappa shape index (κ1) is 19.4. The summed E-state index contributed by atoms with van der Waals surface area (Å²) in [6, 6.07) is 12.5. The number of aromatic amines is 1. The van der Waals surface area contributed by atoms with Crippen molar-refractivity contribution in [3.63, 3.8) is 0 Å². The smallest absolute Gasteiger partial charge is 0.225 e. The van der Waals surface area contributed by atoms with Gasteiger partial charge in [-0.25, -0.2) is 9.67 Å². The number of amides is 1. The van der Waals surface area contributed by atoms with Crippen LogP contribution in [-0.2, 0) is 17.8 Å². The van der Waals surface area contributed by atoms with Crippen LogP contribution in [0.5, 0.6) is 0 Å². The number of nitrogens with one attached hydrogen (secondary N) is 2. The number of carbonyl (C=O) groups excluding carboxylic acids is 1. The molecule has 1 amide bonds. The highest BCUT2D eigenvalue weighted by Crippen LogP contribution is 2.26. The molecular weight excluding hydrogens is 364 g/mol. The third kappa shape index (κ3) is 5.32. The molecule has 0 bridgehead atoms. The monoisotopic (exact) mass is 392 g/mol. The first-order valence-corrected chi connectivity index (χ1v) is 10.3. The van der Waals surface area contributed by atoms with Crippen molar-refractivity contribution in [2.45, 2.75) is 44.7 Å². The fraction of sp³-hybridized carbons (Fsp3) is 0.409. The molecule has 1 aromatic carbocycles. The van der Waals surface area contributed by atoms with Crippen LogP contribution in [0.2, 0.25) is 0 Å². The van der Waals surface area contributed by atoms with E-state index in [2.05, 4.69) is 37.4 Å². The molecule has 152 valence electrons. The van der Waals surface area contributed by atoms with Crippen LogP contribution in [0, 0.1) is 0 Å². The van der Waals surface area contributed by atoms with Crippen LogP contribution >= 0.6 is 0 Å². The summed E-state index contributed by atoms with van der Waals surface area (Å²) in [5, 5.41) is 7.55. The number of benzene rings is 1. The lowest BCUT2D eigenvalue weighted by Gasteiger charge is -2.32. The van der Waals surface area contributed by atoms with Gasteiger partial charge < -0.3 is 10.3 Å². The highest BCUT2D eigenvalue weighted by molar-refractivity contribution is 5.89. The zero-order valence-corrected chi connectivity index (χ0v) is 16.6. The topological polar surface area (TPSA) is 78.8 Å². The Morgan fingerprint density at radius 2 is 2.00 bits per heavy atom. The minimum atomic E-state index is 0.0550. The van der Waals surface area contributed by atoms with Crippen molar-refractivity contribution < 1.29 is 4.79 Å². The number of hydrogen-bond donors (Lipinski definition) is 2. The second-order valence-corrected chi connectivity index (χ2v) is 7.63. The van der Waals surface area contributed by atoms with Gasteiger partial charge in [-0.15, -0.1) is 0 Å². The van der Waals surface area contributed by atoms with Crippen molar-refractivity contribution in [2.24, 2.45) is 0 Å². The second-order valence-electron chi connectivity index (χ2n) is 7.63. The number of anilines is 1. The van der Waals surface area contributed by atoms with Gasteiger partial charge in [0.1, 0.15) is 5.82 Å². The van der Waals surface area contributed by atoms with E-state index in [1.807, 2.05) is 35.1 Å². The third-order valence-corrected chi connectivity index (χ3v) is 5.50. The molecule has 0 unspecified atom stereocenters. The highest BCUT2D eigenvalue weighted by Gasteiger charge is 2.23. The normalized spacial score (nSPS) is 15.4. The first-order valence-electron chi connectivity index (χ1n) is 10.3. The average Bonchev–Trinajstić information content (AvgIpc) is 3.42. The third-order valence-electron chi connectivity index (χ3n) is 5.50. The minimum Gasteiger partial charge on any atom is -0.347 e. The zero-order valence-electron chi connectivity index (χ0n) is 16.6. The molecule has 0 aliphatic carbocycles. The lowest BCUT2D eigenvalue weighted by atomic mass is 10.1. The summed E-state index contributed by atoms with van der Waals surface area (Å²) in [5.74, 6) is 0.862. The number of carbonyl (C=O) groups is 1. The van der Waals surface area contributed by atoms with E-state index in [9.17, 15) is 4.79 Å². The quantitative estimate of drug-likeness (QED) is 0.616. The van der Waals surface area contributed by atoms with E-state index in [1.165, 1.54) is 5.56 Å². The Bertz CT molecular complexity index is 881. The van der Waals surface area contributed by atoms with Crippen molar-refractivity contribution in [1.29, 1.82) is 0 Å². The van der Waals surface area contributed by atoms with Crippen LogP contribution in [0.4, 0.5) is 5.82 Å². The fourth-order valence-electron chi connectivity index (χ4n) is 3.94. The van der Waals surface area contributed by atoms with Crippen molar-refractivity contribution in [2.75, 3.05) is 18.4 Å². The molecule has 0 radical (unpaired) electrons. The predicted molar refractivity (Wildman–Crippen MR) is 112 cm³/mol. The number of rotatable bonds is 8. The molecule has 7 heteroatoms. The summed E-state index contributed by atoms with van der Waals surface area (Å²) < 4.78 is 1.99. The van der Waals surface area contributed by atoms with Gasteiger partial charge in [0.05, 0.1) is 18.6 Å². The highest BCUT2D eigenvalue weighted by atomic mass is 16.1. The van der Waals surface area contributed by atoms with Gasteiger partial charge in [-0.3, -0.25) is 9.69 Å². The van der Waals surface area contributed by atoms with Gasteiger partial charge in [0.25, 0.3) is 0 Å². The maximum absolute atomic E-state index is 12.4. The summed E-state index contributed by atoms with van der Waals surface area (Å²) in [5.41, 5.74) is 2.42. The van der Waals surface area contributed by atoms with E-state index in [1.54, 1.807) is 12.5 Å². The molecule has 1 saturated heterocycles. The lowest BCUT2D eigenvalue weighted by Crippen LogP contribution is -2.35. The summed E-state index contributed by atoms with van der Waals surface area (Å²) in [4.78, 5) is 22.1. The molecule has 3 aromatic rings. The number of H-pyrrole nitrogens is 1. The molecule has 0 spiro atoms. The van der Waals surface area contributed by atoms with Crippen LogP contribution < -0.4 is 5.32 Å². The Kier molecular flexibility index (Phi) is 6.36. The Morgan fingerprint density at radius 3 is 2.76 bits per heavy atom. The van der Waals surface area contributed by atoms with E-state index < -0.39 is 0 Å². The van der Waals surface area contributed by atoms with Gasteiger partial charge >= 0.3 is 0 Å². The molecule has 3 heterocycles. The van der Waals surface area contributed by atoms with Crippen LogP contribution in [0.25, 0.3) is 0 Å². The Labute approximate surface area is 171 Å². The van der Waals surface area contributed by atoms with Gasteiger partial charge in [-0.1, -0.05) is 30.3 Å². The molecule has 2 N–H and O–H groups in total. The summed E-state index contributed by atoms with van der Waals surface area (Å²) in [7, 11) is 0. The number of aryl methyl sites for hydroxylation is 1. The molecule has 0 atom stereocenters. The molecule has 4 rings (SSSR count). The van der Waals surface area contributed by atoms with Crippen LogP contribution in [0.15, 0.2) is 55.1 Å². The molecule has 0 saturated carbocycles. The molecule has 1 aliphatic rings. The van der Waals surface area contributed by atoms with Gasteiger partial charge in [0, 0.05) is 44.0 Å². The molecule has 7 nitrogen and oxygen atoms in total.